The SMILES string of the molecule is COc1ccc(OC)c(NC(=O)c2cn[nH]c2)c1. The molecule has 0 saturated carbocycles. The molecule has 1 aromatic heterocycles. The number of aromatic amines is 1. The van der Waals surface area contributed by atoms with Gasteiger partial charge in [-0.1, -0.05) is 0 Å². The summed E-state index contributed by atoms with van der Waals surface area (Å²) < 4.78 is 10.3. The van der Waals surface area contributed by atoms with E-state index in [1.807, 2.05) is 0 Å². The van der Waals surface area contributed by atoms with Crippen LogP contribution < -0.4 is 14.8 Å². The van der Waals surface area contributed by atoms with Gasteiger partial charge in [0.2, 0.25) is 0 Å². The van der Waals surface area contributed by atoms with Crippen molar-refractivity contribution in [3.05, 3.63) is 36.2 Å². The molecule has 0 saturated heterocycles. The first kappa shape index (κ1) is 12.0. The number of aromatic nitrogens is 2. The third kappa shape index (κ3) is 2.42. The highest BCUT2D eigenvalue weighted by Gasteiger charge is 2.11. The second-order valence-corrected chi connectivity index (χ2v) is 3.51. The highest BCUT2D eigenvalue weighted by molar-refractivity contribution is 6.04. The van der Waals surface area contributed by atoms with E-state index in [9.17, 15) is 4.79 Å². The smallest absolute Gasteiger partial charge is 0.258 e. The number of rotatable bonds is 4. The number of H-pyrrole nitrogens is 1. The summed E-state index contributed by atoms with van der Waals surface area (Å²) in [6, 6.07) is 5.17. The van der Waals surface area contributed by atoms with Gasteiger partial charge in [-0.3, -0.25) is 9.89 Å². The van der Waals surface area contributed by atoms with Gasteiger partial charge in [-0.25, -0.2) is 0 Å². The molecule has 1 amide bonds. The predicted molar refractivity (Wildman–Crippen MR) is 66.1 cm³/mol. The van der Waals surface area contributed by atoms with Crippen LogP contribution in [-0.2, 0) is 0 Å². The Hall–Kier alpha value is -2.50. The molecular weight excluding hydrogens is 234 g/mol. The first-order valence-corrected chi connectivity index (χ1v) is 5.26. The maximum absolute atomic E-state index is 11.9. The molecule has 6 heteroatoms. The Morgan fingerprint density at radius 2 is 2.17 bits per heavy atom. The summed E-state index contributed by atoms with van der Waals surface area (Å²) in [5.41, 5.74) is 0.989. The van der Waals surface area contributed by atoms with Crippen molar-refractivity contribution in [1.29, 1.82) is 0 Å². The molecule has 0 aliphatic rings. The lowest BCUT2D eigenvalue weighted by atomic mass is 10.2. The zero-order chi connectivity index (χ0) is 13.0. The average molecular weight is 247 g/mol. The van der Waals surface area contributed by atoms with Crippen LogP contribution in [0.4, 0.5) is 5.69 Å². The number of methoxy groups -OCH3 is 2. The number of nitrogens with zero attached hydrogens (tertiary/aromatic N) is 1. The van der Waals surface area contributed by atoms with E-state index in [1.165, 1.54) is 19.5 Å². The van der Waals surface area contributed by atoms with Crippen LogP contribution >= 0.6 is 0 Å². The highest BCUT2D eigenvalue weighted by atomic mass is 16.5. The summed E-state index contributed by atoms with van der Waals surface area (Å²) in [4.78, 5) is 11.9. The average Bonchev–Trinajstić information content (AvgIpc) is 2.92. The van der Waals surface area contributed by atoms with Crippen LogP contribution in [0, 0.1) is 0 Å². The number of carbonyl (C=O) groups excluding carboxylic acids is 1. The van der Waals surface area contributed by atoms with Crippen molar-refractivity contribution >= 4 is 11.6 Å². The van der Waals surface area contributed by atoms with Crippen LogP contribution in [0.25, 0.3) is 0 Å². The molecule has 0 aliphatic heterocycles. The van der Waals surface area contributed by atoms with Crippen molar-refractivity contribution < 1.29 is 14.3 Å². The molecule has 2 aromatic rings. The minimum atomic E-state index is -0.268. The molecule has 2 N–H and O–H groups in total. The molecule has 2 rings (SSSR count). The zero-order valence-electron chi connectivity index (χ0n) is 10.1. The molecule has 94 valence electrons. The van der Waals surface area contributed by atoms with Gasteiger partial charge in [-0.05, 0) is 12.1 Å². The van der Waals surface area contributed by atoms with Gasteiger partial charge in [-0.15, -0.1) is 0 Å². The third-order valence-electron chi connectivity index (χ3n) is 2.42. The lowest BCUT2D eigenvalue weighted by Crippen LogP contribution is -2.11. The van der Waals surface area contributed by atoms with E-state index < -0.39 is 0 Å². The van der Waals surface area contributed by atoms with E-state index in [4.69, 9.17) is 9.47 Å². The van der Waals surface area contributed by atoms with Gasteiger partial charge in [0, 0.05) is 12.3 Å². The largest absolute Gasteiger partial charge is 0.497 e. The van der Waals surface area contributed by atoms with Crippen molar-refractivity contribution in [3.63, 3.8) is 0 Å². The molecule has 0 bridgehead atoms. The molecule has 0 radical (unpaired) electrons. The standard InChI is InChI=1S/C12H13N3O3/c1-17-9-3-4-11(18-2)10(5-9)15-12(16)8-6-13-14-7-8/h3-7H,1-2H3,(H,13,14)(H,15,16). The number of hydrogen-bond acceptors (Lipinski definition) is 4. The van der Waals surface area contributed by atoms with E-state index in [-0.39, 0.29) is 5.91 Å². The minimum Gasteiger partial charge on any atom is -0.497 e. The quantitative estimate of drug-likeness (QED) is 0.861. The first-order chi connectivity index (χ1) is 8.74. The summed E-state index contributed by atoms with van der Waals surface area (Å²) in [5, 5.41) is 9.03. The Morgan fingerprint density at radius 1 is 1.33 bits per heavy atom. The topological polar surface area (TPSA) is 76.2 Å². The molecular formula is C12H13N3O3. The van der Waals surface area contributed by atoms with Crippen LogP contribution in [0.1, 0.15) is 10.4 Å². The molecule has 0 spiro atoms. The van der Waals surface area contributed by atoms with Crippen LogP contribution in [0.5, 0.6) is 11.5 Å². The van der Waals surface area contributed by atoms with Gasteiger partial charge in [0.05, 0.1) is 31.7 Å². The molecule has 0 atom stereocenters. The van der Waals surface area contributed by atoms with Crippen LogP contribution in [0.15, 0.2) is 30.6 Å². The van der Waals surface area contributed by atoms with Crippen LogP contribution in [-0.4, -0.2) is 30.3 Å². The van der Waals surface area contributed by atoms with Crippen molar-refractivity contribution in [3.8, 4) is 11.5 Å². The maximum atomic E-state index is 11.9. The highest BCUT2D eigenvalue weighted by Crippen LogP contribution is 2.29. The Balaban J connectivity index is 2.24. The van der Waals surface area contributed by atoms with Crippen molar-refractivity contribution in [2.45, 2.75) is 0 Å². The Bertz CT molecular complexity index is 538. The normalized spacial score (nSPS) is 9.89. The Kier molecular flexibility index (Phi) is 3.47. The second-order valence-electron chi connectivity index (χ2n) is 3.51. The molecule has 0 aliphatic carbocycles. The number of amides is 1. The number of ether oxygens (including phenoxy) is 2. The monoisotopic (exact) mass is 247 g/mol. The van der Waals surface area contributed by atoms with Crippen molar-refractivity contribution in [2.75, 3.05) is 19.5 Å². The molecule has 6 nitrogen and oxygen atoms in total. The lowest BCUT2D eigenvalue weighted by Gasteiger charge is -2.11. The zero-order valence-corrected chi connectivity index (χ0v) is 10.1. The van der Waals surface area contributed by atoms with E-state index in [2.05, 4.69) is 15.5 Å². The predicted octanol–water partition coefficient (Wildman–Crippen LogP) is 1.68. The number of nitrogens with one attached hydrogen (secondary N) is 2. The summed E-state index contributed by atoms with van der Waals surface area (Å²) >= 11 is 0. The van der Waals surface area contributed by atoms with Gasteiger partial charge in [0.25, 0.3) is 5.91 Å². The number of anilines is 1. The van der Waals surface area contributed by atoms with Gasteiger partial charge in [-0.2, -0.15) is 5.10 Å². The summed E-state index contributed by atoms with van der Waals surface area (Å²) in [6.45, 7) is 0. The fraction of sp³-hybridized carbons (Fsp3) is 0.167. The van der Waals surface area contributed by atoms with E-state index >= 15 is 0 Å². The minimum absolute atomic E-state index is 0.268. The molecule has 18 heavy (non-hydrogen) atoms. The summed E-state index contributed by atoms with van der Waals surface area (Å²) in [6.07, 6.45) is 2.96. The Morgan fingerprint density at radius 3 is 2.78 bits per heavy atom. The van der Waals surface area contributed by atoms with Crippen molar-refractivity contribution in [2.24, 2.45) is 0 Å². The Labute approximate surface area is 104 Å². The third-order valence-corrected chi connectivity index (χ3v) is 2.42. The number of carbonyl (C=O) groups is 1. The van der Waals surface area contributed by atoms with Gasteiger partial charge in [0.1, 0.15) is 11.5 Å². The van der Waals surface area contributed by atoms with E-state index in [1.54, 1.807) is 25.3 Å². The van der Waals surface area contributed by atoms with Gasteiger partial charge in [0.15, 0.2) is 0 Å². The summed E-state index contributed by atoms with van der Waals surface area (Å²) in [5.74, 6) is 0.932. The van der Waals surface area contributed by atoms with E-state index in [0.29, 0.717) is 22.7 Å². The fourth-order valence-electron chi connectivity index (χ4n) is 1.48. The molecule has 0 fully saturated rings. The number of benzene rings is 1. The lowest BCUT2D eigenvalue weighted by molar-refractivity contribution is 0.102. The molecule has 0 unspecified atom stereocenters. The molecule has 1 aromatic carbocycles. The van der Waals surface area contributed by atoms with Crippen molar-refractivity contribution in [1.82, 2.24) is 10.2 Å². The summed E-state index contributed by atoms with van der Waals surface area (Å²) in [7, 11) is 3.10. The van der Waals surface area contributed by atoms with Gasteiger partial charge >= 0.3 is 0 Å². The number of hydrogen-bond donors (Lipinski definition) is 2. The van der Waals surface area contributed by atoms with E-state index in [0.717, 1.165) is 0 Å². The second kappa shape index (κ2) is 5.22. The van der Waals surface area contributed by atoms with Crippen LogP contribution in [0.3, 0.4) is 0 Å². The van der Waals surface area contributed by atoms with Crippen LogP contribution in [0.2, 0.25) is 0 Å². The fourth-order valence-corrected chi connectivity index (χ4v) is 1.48. The first-order valence-electron chi connectivity index (χ1n) is 5.26. The maximum Gasteiger partial charge on any atom is 0.258 e. The molecule has 1 heterocycles. The van der Waals surface area contributed by atoms with Gasteiger partial charge < -0.3 is 14.8 Å².